The Balaban J connectivity index is 2.83. The van der Waals surface area contributed by atoms with Gasteiger partial charge in [0.1, 0.15) is 11.8 Å². The quantitative estimate of drug-likeness (QED) is 0.614. The zero-order valence-electron chi connectivity index (χ0n) is 12.1. The van der Waals surface area contributed by atoms with E-state index in [4.69, 9.17) is 5.11 Å². The number of hydrogen-bond acceptors (Lipinski definition) is 4. The van der Waals surface area contributed by atoms with Crippen LogP contribution >= 0.6 is 0 Å². The minimum Gasteiger partial charge on any atom is -0.508 e. The van der Waals surface area contributed by atoms with Gasteiger partial charge < -0.3 is 10.2 Å². The Labute approximate surface area is 124 Å². The third-order valence-corrected chi connectivity index (χ3v) is 3.89. The summed E-state index contributed by atoms with van der Waals surface area (Å²) in [7, 11) is -3.94. The van der Waals surface area contributed by atoms with Crippen LogP contribution in [0.4, 0.5) is 0 Å². The van der Waals surface area contributed by atoms with Crippen LogP contribution in [0.15, 0.2) is 24.3 Å². The molecule has 0 aliphatic rings. The summed E-state index contributed by atoms with van der Waals surface area (Å²) >= 11 is 0. The second kappa shape index (κ2) is 6.42. The first-order valence-corrected chi connectivity index (χ1v) is 7.79. The average Bonchev–Trinajstić information content (AvgIpc) is 2.27. The smallest absolute Gasteiger partial charge is 0.322 e. The predicted molar refractivity (Wildman–Crippen MR) is 78.2 cm³/mol. The van der Waals surface area contributed by atoms with Gasteiger partial charge in [0, 0.05) is 5.54 Å². The molecule has 7 nitrogen and oxygen atoms in total. The molecular formula is C13H20N2O5S. The maximum atomic E-state index is 11.9. The molecule has 0 heterocycles. The van der Waals surface area contributed by atoms with Gasteiger partial charge in [0.2, 0.25) is 0 Å². The first kappa shape index (κ1) is 17.4. The fourth-order valence-corrected chi connectivity index (χ4v) is 3.09. The summed E-state index contributed by atoms with van der Waals surface area (Å²) in [5.41, 5.74) is -0.119. The zero-order chi connectivity index (χ0) is 16.3. The van der Waals surface area contributed by atoms with E-state index >= 15 is 0 Å². The van der Waals surface area contributed by atoms with Crippen molar-refractivity contribution in [3.8, 4) is 5.75 Å². The number of carboxylic acids is 1. The number of phenols is 1. The van der Waals surface area contributed by atoms with Crippen molar-refractivity contribution in [3.05, 3.63) is 29.8 Å². The van der Waals surface area contributed by atoms with Crippen LogP contribution < -0.4 is 9.44 Å². The highest BCUT2D eigenvalue weighted by Gasteiger charge is 2.27. The number of aromatic hydroxyl groups is 1. The molecule has 0 amide bonds. The summed E-state index contributed by atoms with van der Waals surface area (Å²) < 4.78 is 28.2. The van der Waals surface area contributed by atoms with Crippen LogP contribution in [-0.2, 0) is 21.4 Å². The first-order chi connectivity index (χ1) is 9.48. The summed E-state index contributed by atoms with van der Waals surface area (Å²) in [4.78, 5) is 11.2. The van der Waals surface area contributed by atoms with Gasteiger partial charge in [-0.2, -0.15) is 17.9 Å². The van der Waals surface area contributed by atoms with Gasteiger partial charge in [-0.25, -0.2) is 0 Å². The molecule has 1 aromatic carbocycles. The Morgan fingerprint density at radius 2 is 1.76 bits per heavy atom. The minimum absolute atomic E-state index is 0.0271. The normalized spacial score (nSPS) is 13.9. The molecule has 4 N–H and O–H groups in total. The van der Waals surface area contributed by atoms with Crippen LogP contribution in [0.5, 0.6) is 5.75 Å². The molecule has 0 aromatic heterocycles. The summed E-state index contributed by atoms with van der Waals surface area (Å²) in [5, 5.41) is 18.3. The van der Waals surface area contributed by atoms with E-state index in [0.29, 0.717) is 5.56 Å². The van der Waals surface area contributed by atoms with Gasteiger partial charge in [-0.05, 0) is 44.9 Å². The maximum absolute atomic E-state index is 11.9. The molecule has 0 bridgehead atoms. The highest BCUT2D eigenvalue weighted by atomic mass is 32.2. The van der Waals surface area contributed by atoms with Crippen molar-refractivity contribution in [1.82, 2.24) is 9.44 Å². The molecule has 1 aromatic rings. The molecule has 1 atom stereocenters. The fourth-order valence-electron chi connectivity index (χ4n) is 1.67. The number of benzene rings is 1. The summed E-state index contributed by atoms with van der Waals surface area (Å²) in [6.07, 6.45) is -0.0271. The maximum Gasteiger partial charge on any atom is 0.322 e. The highest BCUT2D eigenvalue weighted by molar-refractivity contribution is 7.87. The van der Waals surface area contributed by atoms with Crippen LogP contribution in [0.25, 0.3) is 0 Å². The molecule has 8 heteroatoms. The summed E-state index contributed by atoms with van der Waals surface area (Å²) in [5.74, 6) is -1.22. The third kappa shape index (κ3) is 6.56. The molecule has 21 heavy (non-hydrogen) atoms. The van der Waals surface area contributed by atoms with Crippen LogP contribution in [0, 0.1) is 0 Å². The van der Waals surface area contributed by atoms with E-state index in [-0.39, 0.29) is 12.2 Å². The number of nitrogens with one attached hydrogen (secondary N) is 2. The molecule has 1 rings (SSSR count). The van der Waals surface area contributed by atoms with E-state index in [1.54, 1.807) is 20.8 Å². The molecule has 0 spiro atoms. The molecule has 0 aliphatic carbocycles. The van der Waals surface area contributed by atoms with Crippen molar-refractivity contribution < 1.29 is 23.4 Å². The van der Waals surface area contributed by atoms with Crippen molar-refractivity contribution in [3.63, 3.8) is 0 Å². The topological polar surface area (TPSA) is 116 Å². The van der Waals surface area contributed by atoms with Crippen molar-refractivity contribution in [2.75, 3.05) is 0 Å². The van der Waals surface area contributed by atoms with Gasteiger partial charge in [-0.15, -0.1) is 0 Å². The van der Waals surface area contributed by atoms with Crippen LogP contribution in [0.1, 0.15) is 26.3 Å². The molecule has 118 valence electrons. The predicted octanol–water partition coefficient (Wildman–Crippen LogP) is 0.610. The lowest BCUT2D eigenvalue weighted by Crippen LogP contribution is -2.52. The second-order valence-corrected chi connectivity index (χ2v) is 7.18. The second-order valence-electron chi connectivity index (χ2n) is 5.73. The van der Waals surface area contributed by atoms with Crippen LogP contribution in [0.2, 0.25) is 0 Å². The van der Waals surface area contributed by atoms with E-state index < -0.39 is 27.8 Å². The Morgan fingerprint density at radius 3 is 2.19 bits per heavy atom. The van der Waals surface area contributed by atoms with Gasteiger partial charge in [-0.3, -0.25) is 4.79 Å². The van der Waals surface area contributed by atoms with E-state index in [9.17, 15) is 18.3 Å². The number of aliphatic carboxylic acids is 1. The van der Waals surface area contributed by atoms with E-state index in [1.165, 1.54) is 24.3 Å². The molecule has 0 aliphatic heterocycles. The van der Waals surface area contributed by atoms with E-state index in [2.05, 4.69) is 9.44 Å². The Bertz CT molecular complexity index is 590. The van der Waals surface area contributed by atoms with E-state index in [0.717, 1.165) is 0 Å². The SMILES string of the molecule is CC(C)(C)NS(=O)(=O)NC(Cc1ccc(O)cc1)C(=O)O. The van der Waals surface area contributed by atoms with Gasteiger partial charge in [0.15, 0.2) is 0 Å². The standard InChI is InChI=1S/C13H20N2O5S/c1-13(2,3)15-21(19,20)14-11(12(17)18)8-9-4-6-10(16)7-5-9/h4-7,11,14-16H,8H2,1-3H3,(H,17,18). The van der Waals surface area contributed by atoms with Gasteiger partial charge in [0.25, 0.3) is 10.2 Å². The van der Waals surface area contributed by atoms with Crippen LogP contribution in [-0.4, -0.2) is 36.2 Å². The monoisotopic (exact) mass is 316 g/mol. The van der Waals surface area contributed by atoms with Gasteiger partial charge >= 0.3 is 5.97 Å². The fraction of sp³-hybridized carbons (Fsp3) is 0.462. The number of phenolic OH excluding ortho intramolecular Hbond substituents is 1. The van der Waals surface area contributed by atoms with Crippen molar-refractivity contribution >= 4 is 16.2 Å². The van der Waals surface area contributed by atoms with Crippen LogP contribution in [0.3, 0.4) is 0 Å². The number of carboxylic acid groups (broad SMARTS) is 1. The first-order valence-electron chi connectivity index (χ1n) is 6.30. The van der Waals surface area contributed by atoms with Crippen molar-refractivity contribution in [2.24, 2.45) is 0 Å². The number of hydrogen-bond donors (Lipinski definition) is 4. The Morgan fingerprint density at radius 1 is 1.24 bits per heavy atom. The number of carbonyl (C=O) groups is 1. The molecule has 0 saturated heterocycles. The van der Waals surface area contributed by atoms with Gasteiger partial charge in [-0.1, -0.05) is 12.1 Å². The summed E-state index contributed by atoms with van der Waals surface area (Å²) in [6, 6.07) is 4.61. The lowest BCUT2D eigenvalue weighted by molar-refractivity contribution is -0.138. The van der Waals surface area contributed by atoms with Gasteiger partial charge in [0.05, 0.1) is 0 Å². The molecule has 0 saturated carbocycles. The summed E-state index contributed by atoms with van der Waals surface area (Å²) in [6.45, 7) is 4.96. The molecule has 0 fully saturated rings. The van der Waals surface area contributed by atoms with Crippen molar-refractivity contribution in [1.29, 1.82) is 0 Å². The average molecular weight is 316 g/mol. The third-order valence-electron chi connectivity index (χ3n) is 2.41. The largest absolute Gasteiger partial charge is 0.508 e. The lowest BCUT2D eigenvalue weighted by atomic mass is 10.1. The van der Waals surface area contributed by atoms with Crippen molar-refractivity contribution in [2.45, 2.75) is 38.8 Å². The highest BCUT2D eigenvalue weighted by Crippen LogP contribution is 2.12. The Kier molecular flexibility index (Phi) is 5.32. The number of rotatable bonds is 6. The Hall–Kier alpha value is -1.64. The molecule has 0 radical (unpaired) electrons. The zero-order valence-corrected chi connectivity index (χ0v) is 12.9. The minimum atomic E-state index is -3.94. The lowest BCUT2D eigenvalue weighted by Gasteiger charge is -2.22. The molecular weight excluding hydrogens is 296 g/mol. The van der Waals surface area contributed by atoms with E-state index in [1.807, 2.05) is 0 Å². The molecule has 1 unspecified atom stereocenters.